The van der Waals surface area contributed by atoms with E-state index in [0.29, 0.717) is 42.7 Å². The maximum absolute atomic E-state index is 12.1. The summed E-state index contributed by atoms with van der Waals surface area (Å²) < 4.78 is 5.11. The fourth-order valence-electron chi connectivity index (χ4n) is 3.19. The van der Waals surface area contributed by atoms with Crippen molar-refractivity contribution in [3.8, 4) is 5.75 Å². The number of amides is 2. The van der Waals surface area contributed by atoms with Gasteiger partial charge in [-0.3, -0.25) is 9.59 Å². The predicted molar refractivity (Wildman–Crippen MR) is 97.7 cm³/mol. The molecular formula is C19H29N3O3. The third-order valence-corrected chi connectivity index (χ3v) is 4.76. The molecule has 1 fully saturated rings. The van der Waals surface area contributed by atoms with Crippen molar-refractivity contribution in [2.75, 3.05) is 33.3 Å². The van der Waals surface area contributed by atoms with Gasteiger partial charge >= 0.3 is 0 Å². The fraction of sp³-hybridized carbons (Fsp3) is 0.579. The zero-order chi connectivity index (χ0) is 18.1. The van der Waals surface area contributed by atoms with Gasteiger partial charge in [-0.05, 0) is 56.0 Å². The van der Waals surface area contributed by atoms with Crippen LogP contribution in [0.3, 0.4) is 0 Å². The summed E-state index contributed by atoms with van der Waals surface area (Å²) in [4.78, 5) is 24.1. The average molecular weight is 347 g/mol. The Bertz CT molecular complexity index is 571. The maximum Gasteiger partial charge on any atom is 0.251 e. The lowest BCUT2D eigenvalue weighted by molar-refractivity contribution is -0.122. The van der Waals surface area contributed by atoms with Crippen molar-refractivity contribution in [1.82, 2.24) is 16.0 Å². The lowest BCUT2D eigenvalue weighted by Crippen LogP contribution is -2.36. The van der Waals surface area contributed by atoms with Crippen LogP contribution < -0.4 is 20.7 Å². The van der Waals surface area contributed by atoms with Gasteiger partial charge in [0, 0.05) is 25.1 Å². The van der Waals surface area contributed by atoms with Crippen molar-refractivity contribution in [1.29, 1.82) is 0 Å². The minimum atomic E-state index is -0.170. The Morgan fingerprint density at radius 1 is 1.24 bits per heavy atom. The number of carbonyl (C=O) groups is 2. The van der Waals surface area contributed by atoms with Gasteiger partial charge in [0.05, 0.1) is 7.11 Å². The molecular weight excluding hydrogens is 318 g/mol. The van der Waals surface area contributed by atoms with Gasteiger partial charge in [-0.1, -0.05) is 13.0 Å². The molecule has 0 radical (unpaired) electrons. The van der Waals surface area contributed by atoms with E-state index in [-0.39, 0.29) is 11.8 Å². The van der Waals surface area contributed by atoms with E-state index in [1.165, 1.54) is 0 Å². The molecule has 1 aliphatic rings. The van der Waals surface area contributed by atoms with Gasteiger partial charge in [0.25, 0.3) is 5.91 Å². The molecule has 3 N–H and O–H groups in total. The fourth-order valence-corrected chi connectivity index (χ4v) is 3.19. The van der Waals surface area contributed by atoms with Gasteiger partial charge in [-0.25, -0.2) is 0 Å². The van der Waals surface area contributed by atoms with Crippen LogP contribution in [0, 0.1) is 11.8 Å². The Hall–Kier alpha value is -2.08. The summed E-state index contributed by atoms with van der Waals surface area (Å²) in [6.45, 7) is 5.09. The first-order valence-corrected chi connectivity index (χ1v) is 9.00. The number of ether oxygens (including phenoxy) is 1. The van der Waals surface area contributed by atoms with Gasteiger partial charge in [0.1, 0.15) is 5.75 Å². The molecule has 25 heavy (non-hydrogen) atoms. The maximum atomic E-state index is 12.1. The summed E-state index contributed by atoms with van der Waals surface area (Å²) in [6, 6.07) is 6.99. The molecule has 2 amide bonds. The molecule has 1 aliphatic heterocycles. The Kier molecular flexibility index (Phi) is 7.73. The standard InChI is InChI=1S/C19H29N3O3/c1-14(15-6-8-20-9-7-15)12-18(23)21-10-11-22-19(24)16-4-3-5-17(13-16)25-2/h3-5,13-15,20H,6-12H2,1-2H3,(H,21,23)(H,22,24). The van der Waals surface area contributed by atoms with Crippen LogP contribution in [0.2, 0.25) is 0 Å². The number of carbonyl (C=O) groups excluding carboxylic acids is 2. The molecule has 1 heterocycles. The molecule has 0 bridgehead atoms. The van der Waals surface area contributed by atoms with E-state index >= 15 is 0 Å². The molecule has 0 aliphatic carbocycles. The highest BCUT2D eigenvalue weighted by molar-refractivity contribution is 5.94. The number of benzene rings is 1. The third kappa shape index (κ3) is 6.38. The van der Waals surface area contributed by atoms with Crippen LogP contribution in [-0.2, 0) is 4.79 Å². The van der Waals surface area contributed by atoms with Crippen LogP contribution in [0.5, 0.6) is 5.75 Å². The Morgan fingerprint density at radius 3 is 2.68 bits per heavy atom. The summed E-state index contributed by atoms with van der Waals surface area (Å²) in [5.41, 5.74) is 0.546. The number of hydrogen-bond donors (Lipinski definition) is 3. The molecule has 1 aromatic rings. The number of hydrogen-bond acceptors (Lipinski definition) is 4. The van der Waals surface area contributed by atoms with Crippen molar-refractivity contribution in [2.45, 2.75) is 26.2 Å². The van der Waals surface area contributed by atoms with Crippen LogP contribution in [0.25, 0.3) is 0 Å². The molecule has 2 rings (SSSR count). The Balaban J connectivity index is 1.64. The lowest BCUT2D eigenvalue weighted by atomic mass is 9.84. The van der Waals surface area contributed by atoms with Gasteiger partial charge in [-0.15, -0.1) is 0 Å². The van der Waals surface area contributed by atoms with Crippen molar-refractivity contribution in [3.63, 3.8) is 0 Å². The molecule has 0 saturated carbocycles. The zero-order valence-corrected chi connectivity index (χ0v) is 15.1. The zero-order valence-electron chi connectivity index (χ0n) is 15.1. The molecule has 1 aromatic carbocycles. The molecule has 6 heteroatoms. The normalized spacial score (nSPS) is 16.1. The quantitative estimate of drug-likeness (QED) is 0.624. The van der Waals surface area contributed by atoms with Gasteiger partial charge < -0.3 is 20.7 Å². The first-order chi connectivity index (χ1) is 12.1. The van der Waals surface area contributed by atoms with Crippen LogP contribution in [-0.4, -0.2) is 45.1 Å². The van der Waals surface area contributed by atoms with E-state index < -0.39 is 0 Å². The van der Waals surface area contributed by atoms with E-state index in [4.69, 9.17) is 4.74 Å². The molecule has 138 valence electrons. The molecule has 6 nitrogen and oxygen atoms in total. The van der Waals surface area contributed by atoms with Crippen LogP contribution in [0.15, 0.2) is 24.3 Å². The van der Waals surface area contributed by atoms with Crippen molar-refractivity contribution in [3.05, 3.63) is 29.8 Å². The lowest BCUT2D eigenvalue weighted by Gasteiger charge is -2.27. The molecule has 1 unspecified atom stereocenters. The minimum absolute atomic E-state index is 0.0571. The van der Waals surface area contributed by atoms with E-state index in [9.17, 15) is 9.59 Å². The summed E-state index contributed by atoms with van der Waals surface area (Å²) in [5, 5.41) is 9.04. The van der Waals surface area contributed by atoms with E-state index in [1.54, 1.807) is 31.4 Å². The van der Waals surface area contributed by atoms with E-state index in [0.717, 1.165) is 25.9 Å². The summed E-state index contributed by atoms with van der Waals surface area (Å²) in [6.07, 6.45) is 2.84. The van der Waals surface area contributed by atoms with E-state index in [2.05, 4.69) is 22.9 Å². The molecule has 0 spiro atoms. The first-order valence-electron chi connectivity index (χ1n) is 9.00. The second-order valence-corrected chi connectivity index (χ2v) is 6.61. The highest BCUT2D eigenvalue weighted by Crippen LogP contribution is 2.24. The number of methoxy groups -OCH3 is 1. The van der Waals surface area contributed by atoms with Crippen molar-refractivity contribution in [2.24, 2.45) is 11.8 Å². The second kappa shape index (κ2) is 10.0. The Morgan fingerprint density at radius 2 is 1.96 bits per heavy atom. The highest BCUT2D eigenvalue weighted by Gasteiger charge is 2.21. The highest BCUT2D eigenvalue weighted by atomic mass is 16.5. The van der Waals surface area contributed by atoms with Crippen LogP contribution in [0.1, 0.15) is 36.5 Å². The number of nitrogens with one attached hydrogen (secondary N) is 3. The third-order valence-electron chi connectivity index (χ3n) is 4.76. The van der Waals surface area contributed by atoms with Crippen molar-refractivity contribution < 1.29 is 14.3 Å². The average Bonchev–Trinajstić information content (AvgIpc) is 2.65. The smallest absolute Gasteiger partial charge is 0.251 e. The molecule has 1 atom stereocenters. The van der Waals surface area contributed by atoms with Gasteiger partial charge in [-0.2, -0.15) is 0 Å². The SMILES string of the molecule is COc1cccc(C(=O)NCCNC(=O)CC(C)C2CCNCC2)c1. The second-order valence-electron chi connectivity index (χ2n) is 6.61. The van der Waals surface area contributed by atoms with Gasteiger partial charge in [0.2, 0.25) is 5.91 Å². The van der Waals surface area contributed by atoms with Gasteiger partial charge in [0.15, 0.2) is 0 Å². The number of rotatable bonds is 8. The summed E-state index contributed by atoms with van der Waals surface area (Å²) >= 11 is 0. The summed E-state index contributed by atoms with van der Waals surface area (Å²) in [7, 11) is 1.57. The predicted octanol–water partition coefficient (Wildman–Crippen LogP) is 1.57. The molecule has 0 aromatic heterocycles. The largest absolute Gasteiger partial charge is 0.497 e. The van der Waals surface area contributed by atoms with Crippen LogP contribution in [0.4, 0.5) is 0 Å². The number of piperidine rings is 1. The van der Waals surface area contributed by atoms with E-state index in [1.807, 2.05) is 0 Å². The first kappa shape index (κ1) is 19.2. The Labute approximate surface area is 149 Å². The topological polar surface area (TPSA) is 79.5 Å². The van der Waals surface area contributed by atoms with Crippen LogP contribution >= 0.6 is 0 Å². The monoisotopic (exact) mass is 347 g/mol. The summed E-state index contributed by atoms with van der Waals surface area (Å²) in [5.74, 6) is 1.55. The minimum Gasteiger partial charge on any atom is -0.497 e. The van der Waals surface area contributed by atoms with Crippen molar-refractivity contribution >= 4 is 11.8 Å². The molecule has 1 saturated heterocycles.